The number of rotatable bonds is 2. The predicted molar refractivity (Wildman–Crippen MR) is 78.4 cm³/mol. The van der Waals surface area contributed by atoms with Crippen LogP contribution in [0.25, 0.3) is 11.4 Å². The first-order valence-electron chi connectivity index (χ1n) is 6.63. The van der Waals surface area contributed by atoms with E-state index in [1.165, 1.54) is 24.1 Å². The highest BCUT2D eigenvalue weighted by molar-refractivity contribution is 5.87. The fraction of sp³-hybridized carbons (Fsp3) is 0.333. The van der Waals surface area contributed by atoms with Crippen LogP contribution >= 0.6 is 0 Å². The van der Waals surface area contributed by atoms with Crippen molar-refractivity contribution in [1.82, 2.24) is 14.5 Å². The van der Waals surface area contributed by atoms with Crippen LogP contribution in [0.1, 0.15) is 31.3 Å². The first kappa shape index (κ1) is 15.7. The van der Waals surface area contributed by atoms with E-state index in [-0.39, 0.29) is 5.69 Å². The molecule has 0 radical (unpaired) electrons. The minimum Gasteiger partial charge on any atom is -0.464 e. The van der Waals surface area contributed by atoms with Crippen molar-refractivity contribution in [3.8, 4) is 11.4 Å². The SMILES string of the molecule is COC(=O)c1cnc(-c2cccn2C(=O)OC(C)(C)C)cn1. The molecule has 0 aromatic carbocycles. The van der Waals surface area contributed by atoms with Crippen molar-refractivity contribution in [1.29, 1.82) is 0 Å². The molecule has 0 amide bonds. The molecule has 0 aliphatic carbocycles. The number of hydrogen-bond acceptors (Lipinski definition) is 6. The average Bonchev–Trinajstić information content (AvgIpc) is 2.94. The molecule has 0 saturated carbocycles. The second-order valence-electron chi connectivity index (χ2n) is 5.52. The summed E-state index contributed by atoms with van der Waals surface area (Å²) >= 11 is 0. The lowest BCUT2D eigenvalue weighted by Gasteiger charge is -2.20. The third-order valence-corrected chi connectivity index (χ3v) is 2.65. The van der Waals surface area contributed by atoms with Crippen molar-refractivity contribution in [2.45, 2.75) is 26.4 Å². The van der Waals surface area contributed by atoms with E-state index in [0.29, 0.717) is 11.4 Å². The van der Waals surface area contributed by atoms with Gasteiger partial charge < -0.3 is 9.47 Å². The van der Waals surface area contributed by atoms with Crippen LogP contribution in [0, 0.1) is 0 Å². The number of aromatic nitrogens is 3. The van der Waals surface area contributed by atoms with E-state index in [0.717, 1.165) is 0 Å². The van der Waals surface area contributed by atoms with Crippen LogP contribution < -0.4 is 0 Å². The minimum atomic E-state index is -0.598. The molecule has 2 rings (SSSR count). The maximum Gasteiger partial charge on any atom is 0.419 e. The Bertz CT molecular complexity index is 684. The van der Waals surface area contributed by atoms with Crippen LogP contribution in [0.5, 0.6) is 0 Å². The van der Waals surface area contributed by atoms with Crippen molar-refractivity contribution < 1.29 is 19.1 Å². The van der Waals surface area contributed by atoms with Crippen molar-refractivity contribution in [3.63, 3.8) is 0 Å². The van der Waals surface area contributed by atoms with Crippen molar-refractivity contribution in [3.05, 3.63) is 36.4 Å². The normalized spacial score (nSPS) is 11.1. The molecule has 0 atom stereocenters. The van der Waals surface area contributed by atoms with E-state index < -0.39 is 17.7 Å². The van der Waals surface area contributed by atoms with Crippen LogP contribution in [0.2, 0.25) is 0 Å². The lowest BCUT2D eigenvalue weighted by molar-refractivity contribution is 0.0538. The molecule has 7 heteroatoms. The van der Waals surface area contributed by atoms with Gasteiger partial charge in [-0.1, -0.05) is 0 Å². The fourth-order valence-electron chi connectivity index (χ4n) is 1.73. The molecule has 0 N–H and O–H groups in total. The van der Waals surface area contributed by atoms with E-state index in [9.17, 15) is 9.59 Å². The Morgan fingerprint density at radius 2 is 1.91 bits per heavy atom. The number of carbonyl (C=O) groups excluding carboxylic acids is 2. The highest BCUT2D eigenvalue weighted by Crippen LogP contribution is 2.19. The summed E-state index contributed by atoms with van der Waals surface area (Å²) in [6, 6.07) is 3.42. The highest BCUT2D eigenvalue weighted by Gasteiger charge is 2.20. The maximum absolute atomic E-state index is 12.2. The molecule has 0 spiro atoms. The second kappa shape index (κ2) is 5.97. The van der Waals surface area contributed by atoms with Gasteiger partial charge in [0.05, 0.1) is 25.2 Å². The average molecular weight is 303 g/mol. The summed E-state index contributed by atoms with van der Waals surface area (Å²) in [5.74, 6) is -0.568. The van der Waals surface area contributed by atoms with Crippen LogP contribution in [-0.4, -0.2) is 39.3 Å². The Hall–Kier alpha value is -2.70. The second-order valence-corrected chi connectivity index (χ2v) is 5.52. The van der Waals surface area contributed by atoms with E-state index in [1.807, 2.05) is 0 Å². The van der Waals surface area contributed by atoms with Gasteiger partial charge in [0.1, 0.15) is 11.3 Å². The topological polar surface area (TPSA) is 83.3 Å². The number of ether oxygens (including phenoxy) is 2. The number of nitrogens with zero attached hydrogens (tertiary/aromatic N) is 3. The van der Waals surface area contributed by atoms with Gasteiger partial charge in [0.2, 0.25) is 0 Å². The van der Waals surface area contributed by atoms with E-state index in [1.54, 1.807) is 39.1 Å². The molecule has 2 heterocycles. The zero-order valence-corrected chi connectivity index (χ0v) is 12.9. The largest absolute Gasteiger partial charge is 0.464 e. The van der Waals surface area contributed by atoms with Crippen molar-refractivity contribution in [2.75, 3.05) is 7.11 Å². The molecule has 0 saturated heterocycles. The molecule has 0 bridgehead atoms. The van der Waals surface area contributed by atoms with Crippen molar-refractivity contribution in [2.24, 2.45) is 0 Å². The summed E-state index contributed by atoms with van der Waals surface area (Å²) in [6.07, 6.45) is 3.78. The van der Waals surface area contributed by atoms with Crippen LogP contribution in [0.15, 0.2) is 30.7 Å². The Labute approximate surface area is 127 Å². The number of esters is 1. The number of carbonyl (C=O) groups is 2. The molecule has 0 unspecified atom stereocenters. The molecule has 2 aromatic heterocycles. The lowest BCUT2D eigenvalue weighted by atomic mass is 10.2. The third kappa shape index (κ3) is 3.49. The lowest BCUT2D eigenvalue weighted by Crippen LogP contribution is -2.27. The van der Waals surface area contributed by atoms with Crippen LogP contribution in [0.4, 0.5) is 4.79 Å². The van der Waals surface area contributed by atoms with Gasteiger partial charge >= 0.3 is 12.1 Å². The Balaban J connectivity index is 2.29. The van der Waals surface area contributed by atoms with Gasteiger partial charge in [0.25, 0.3) is 0 Å². The molecular formula is C15H17N3O4. The molecule has 22 heavy (non-hydrogen) atoms. The van der Waals surface area contributed by atoms with Gasteiger partial charge in [0.15, 0.2) is 5.69 Å². The highest BCUT2D eigenvalue weighted by atomic mass is 16.6. The Morgan fingerprint density at radius 3 is 2.45 bits per heavy atom. The molecule has 2 aromatic rings. The fourth-order valence-corrected chi connectivity index (χ4v) is 1.73. The van der Waals surface area contributed by atoms with E-state index in [4.69, 9.17) is 4.74 Å². The van der Waals surface area contributed by atoms with Gasteiger partial charge in [-0.25, -0.2) is 14.6 Å². The Morgan fingerprint density at radius 1 is 1.18 bits per heavy atom. The van der Waals surface area contributed by atoms with Gasteiger partial charge in [-0.15, -0.1) is 0 Å². The number of hydrogen-bond donors (Lipinski definition) is 0. The summed E-state index contributed by atoms with van der Waals surface area (Å²) in [7, 11) is 1.27. The first-order chi connectivity index (χ1) is 10.3. The van der Waals surface area contributed by atoms with Gasteiger partial charge in [-0.2, -0.15) is 0 Å². The zero-order chi connectivity index (χ0) is 16.3. The van der Waals surface area contributed by atoms with Crippen LogP contribution in [-0.2, 0) is 9.47 Å². The first-order valence-corrected chi connectivity index (χ1v) is 6.63. The molecule has 0 aliphatic heterocycles. The maximum atomic E-state index is 12.2. The monoisotopic (exact) mass is 303 g/mol. The van der Waals surface area contributed by atoms with Crippen molar-refractivity contribution >= 4 is 12.1 Å². The molecule has 116 valence electrons. The van der Waals surface area contributed by atoms with Crippen LogP contribution in [0.3, 0.4) is 0 Å². The van der Waals surface area contributed by atoms with E-state index in [2.05, 4.69) is 14.7 Å². The third-order valence-electron chi connectivity index (χ3n) is 2.65. The standard InChI is InChI=1S/C15H17N3O4/c1-15(2,3)22-14(20)18-7-5-6-12(18)10-8-17-11(9-16-10)13(19)21-4/h5-9H,1-4H3. The number of methoxy groups -OCH3 is 1. The zero-order valence-electron chi connectivity index (χ0n) is 12.9. The quantitative estimate of drug-likeness (QED) is 0.793. The minimum absolute atomic E-state index is 0.0987. The molecule has 0 aliphatic rings. The van der Waals surface area contributed by atoms with Gasteiger partial charge in [0, 0.05) is 6.20 Å². The summed E-state index contributed by atoms with van der Waals surface area (Å²) in [5.41, 5.74) is 0.474. The molecule has 0 fully saturated rings. The van der Waals surface area contributed by atoms with Gasteiger partial charge in [-0.3, -0.25) is 9.55 Å². The summed E-state index contributed by atoms with van der Waals surface area (Å²) in [6.45, 7) is 5.37. The predicted octanol–water partition coefficient (Wildman–Crippen LogP) is 2.51. The summed E-state index contributed by atoms with van der Waals surface area (Å²) in [5, 5.41) is 0. The molecular weight excluding hydrogens is 286 g/mol. The molecule has 7 nitrogen and oxygen atoms in total. The van der Waals surface area contributed by atoms with E-state index >= 15 is 0 Å². The smallest absolute Gasteiger partial charge is 0.419 e. The van der Waals surface area contributed by atoms with Gasteiger partial charge in [-0.05, 0) is 32.9 Å². The summed E-state index contributed by atoms with van der Waals surface area (Å²) < 4.78 is 11.2. The Kier molecular flexibility index (Phi) is 4.25. The summed E-state index contributed by atoms with van der Waals surface area (Å²) in [4.78, 5) is 31.6.